The van der Waals surface area contributed by atoms with Crippen molar-refractivity contribution in [1.29, 1.82) is 0 Å². The van der Waals surface area contributed by atoms with Crippen molar-refractivity contribution in [2.75, 3.05) is 13.9 Å². The Morgan fingerprint density at radius 2 is 1.80 bits per heavy atom. The van der Waals surface area contributed by atoms with E-state index in [0.717, 1.165) is 0 Å². The van der Waals surface area contributed by atoms with Crippen LogP contribution in [0.15, 0.2) is 29.2 Å². The predicted molar refractivity (Wildman–Crippen MR) is 50.9 cm³/mol. The Labute approximate surface area is 89.4 Å². The van der Waals surface area contributed by atoms with E-state index in [1.165, 1.54) is 31.4 Å². The largest absolute Gasteiger partial charge is 0.468 e. The van der Waals surface area contributed by atoms with Crippen molar-refractivity contribution in [3.8, 4) is 5.75 Å². The number of methoxy groups -OCH3 is 1. The topological polar surface area (TPSA) is 18.5 Å². The molecule has 0 bridgehead atoms. The average Bonchev–Trinajstić information content (AvgIpc) is 2.14. The molecule has 1 rings (SSSR count). The number of hydrogen-bond donors (Lipinski definition) is 0. The summed E-state index contributed by atoms with van der Waals surface area (Å²) >= 11 is -0.154. The van der Waals surface area contributed by atoms with E-state index in [2.05, 4.69) is 4.74 Å². The van der Waals surface area contributed by atoms with Gasteiger partial charge in [0.2, 0.25) is 0 Å². The molecule has 0 aliphatic heterocycles. The highest BCUT2D eigenvalue weighted by molar-refractivity contribution is 8.00. The highest BCUT2D eigenvalue weighted by atomic mass is 32.2. The van der Waals surface area contributed by atoms with Gasteiger partial charge in [0.1, 0.15) is 5.75 Å². The van der Waals surface area contributed by atoms with Gasteiger partial charge in [-0.25, -0.2) is 0 Å². The van der Waals surface area contributed by atoms with Crippen molar-refractivity contribution in [2.45, 2.75) is 10.4 Å². The number of thioether (sulfide) groups is 1. The van der Waals surface area contributed by atoms with Gasteiger partial charge in [0, 0.05) is 12.0 Å². The van der Waals surface area contributed by atoms with E-state index in [4.69, 9.17) is 4.74 Å². The maximum Gasteiger partial charge on any atom is 0.446 e. The molecule has 0 fully saturated rings. The molecule has 0 heterocycles. The number of halogens is 3. The first-order chi connectivity index (χ1) is 7.01. The van der Waals surface area contributed by atoms with E-state index >= 15 is 0 Å². The molecule has 0 aliphatic carbocycles. The molecular weight excluding hydrogens is 229 g/mol. The molecule has 15 heavy (non-hydrogen) atoms. The van der Waals surface area contributed by atoms with Crippen molar-refractivity contribution in [2.24, 2.45) is 0 Å². The zero-order valence-electron chi connectivity index (χ0n) is 7.88. The minimum absolute atomic E-state index is 0.0752. The minimum Gasteiger partial charge on any atom is -0.468 e. The highest BCUT2D eigenvalue weighted by Crippen LogP contribution is 2.37. The predicted octanol–water partition coefficient (Wildman–Crippen LogP) is 3.28. The molecule has 0 unspecified atom stereocenters. The van der Waals surface area contributed by atoms with E-state index in [-0.39, 0.29) is 23.5 Å². The lowest BCUT2D eigenvalue weighted by Crippen LogP contribution is -2.00. The zero-order chi connectivity index (χ0) is 11.3. The average molecular weight is 238 g/mol. The fourth-order valence-corrected chi connectivity index (χ4v) is 1.40. The van der Waals surface area contributed by atoms with Crippen molar-refractivity contribution in [1.82, 2.24) is 0 Å². The Hall–Kier alpha value is -0.880. The molecule has 0 saturated carbocycles. The van der Waals surface area contributed by atoms with Crippen LogP contribution in [0, 0.1) is 0 Å². The number of ether oxygens (including phenoxy) is 2. The molecule has 0 N–H and O–H groups in total. The second-order valence-electron chi connectivity index (χ2n) is 2.57. The first kappa shape index (κ1) is 12.2. The lowest BCUT2D eigenvalue weighted by molar-refractivity contribution is -0.0328. The normalized spacial score (nSPS) is 11.5. The lowest BCUT2D eigenvalue weighted by atomic mass is 10.3. The molecule has 1 aromatic carbocycles. The monoisotopic (exact) mass is 238 g/mol. The van der Waals surface area contributed by atoms with E-state index in [0.29, 0.717) is 5.75 Å². The SMILES string of the molecule is COCOc1ccc(SC(F)(F)F)cc1. The van der Waals surface area contributed by atoms with Gasteiger partial charge in [-0.2, -0.15) is 13.2 Å². The summed E-state index contributed by atoms with van der Waals surface area (Å²) in [6, 6.07) is 5.63. The number of alkyl halides is 3. The van der Waals surface area contributed by atoms with Crippen LogP contribution < -0.4 is 4.74 Å². The number of rotatable bonds is 4. The second-order valence-corrected chi connectivity index (χ2v) is 3.71. The van der Waals surface area contributed by atoms with Gasteiger partial charge >= 0.3 is 5.51 Å². The minimum atomic E-state index is -4.26. The summed E-state index contributed by atoms with van der Waals surface area (Å²) in [7, 11) is 1.47. The van der Waals surface area contributed by atoms with Crippen LogP contribution in [0.25, 0.3) is 0 Å². The molecule has 84 valence electrons. The maximum atomic E-state index is 12.0. The van der Waals surface area contributed by atoms with Crippen LogP contribution in [0.2, 0.25) is 0 Å². The molecule has 0 aromatic heterocycles. The van der Waals surface area contributed by atoms with Crippen molar-refractivity contribution < 1.29 is 22.6 Å². The summed E-state index contributed by atoms with van der Waals surface area (Å²) in [6.07, 6.45) is 0. The summed E-state index contributed by atoms with van der Waals surface area (Å²) in [5, 5.41) is 0. The molecule has 0 spiro atoms. The molecule has 0 aliphatic rings. The summed E-state index contributed by atoms with van der Waals surface area (Å²) in [6.45, 7) is 0.0752. The molecule has 0 radical (unpaired) electrons. The molecule has 1 aromatic rings. The van der Waals surface area contributed by atoms with Gasteiger partial charge in [-0.05, 0) is 36.0 Å². The van der Waals surface area contributed by atoms with Crippen molar-refractivity contribution >= 4 is 11.8 Å². The molecule has 6 heteroatoms. The summed E-state index contributed by atoms with van der Waals surface area (Å²) in [5.74, 6) is 0.475. The standard InChI is InChI=1S/C9H9F3O2S/c1-13-6-14-7-2-4-8(5-3-7)15-9(10,11)12/h2-5H,6H2,1H3. The van der Waals surface area contributed by atoms with Crippen LogP contribution in [-0.4, -0.2) is 19.4 Å². The lowest BCUT2D eigenvalue weighted by Gasteiger charge is -2.07. The number of benzene rings is 1. The van der Waals surface area contributed by atoms with Gasteiger partial charge < -0.3 is 9.47 Å². The van der Waals surface area contributed by atoms with E-state index in [1.807, 2.05) is 0 Å². The first-order valence-corrected chi connectivity index (χ1v) is 4.80. The van der Waals surface area contributed by atoms with Gasteiger partial charge in [-0.15, -0.1) is 0 Å². The third-order valence-corrected chi connectivity index (χ3v) is 2.14. The van der Waals surface area contributed by atoms with E-state index < -0.39 is 5.51 Å². The Kier molecular flexibility index (Phi) is 4.28. The van der Waals surface area contributed by atoms with Gasteiger partial charge in [-0.1, -0.05) is 0 Å². The summed E-state index contributed by atoms with van der Waals surface area (Å²) in [4.78, 5) is 0.132. The fraction of sp³-hybridized carbons (Fsp3) is 0.333. The smallest absolute Gasteiger partial charge is 0.446 e. The molecule has 2 nitrogen and oxygen atoms in total. The third-order valence-electron chi connectivity index (χ3n) is 1.40. The van der Waals surface area contributed by atoms with Crippen LogP contribution in [0.3, 0.4) is 0 Å². The van der Waals surface area contributed by atoms with Crippen LogP contribution in [0.4, 0.5) is 13.2 Å². The molecule has 0 atom stereocenters. The van der Waals surface area contributed by atoms with Crippen LogP contribution in [-0.2, 0) is 4.74 Å². The van der Waals surface area contributed by atoms with Crippen LogP contribution in [0.5, 0.6) is 5.75 Å². The van der Waals surface area contributed by atoms with Gasteiger partial charge in [-0.3, -0.25) is 0 Å². The quantitative estimate of drug-likeness (QED) is 0.592. The zero-order valence-corrected chi connectivity index (χ0v) is 8.69. The van der Waals surface area contributed by atoms with Gasteiger partial charge in [0.15, 0.2) is 6.79 Å². The molecule has 0 saturated heterocycles. The molecule has 0 amide bonds. The summed E-state index contributed by atoms with van der Waals surface area (Å²) in [5.41, 5.74) is -4.26. The fourth-order valence-electron chi connectivity index (χ4n) is 0.865. The van der Waals surface area contributed by atoms with Crippen molar-refractivity contribution in [3.05, 3.63) is 24.3 Å². The Morgan fingerprint density at radius 3 is 2.27 bits per heavy atom. The van der Waals surface area contributed by atoms with Crippen LogP contribution in [0.1, 0.15) is 0 Å². The van der Waals surface area contributed by atoms with E-state index in [9.17, 15) is 13.2 Å². The van der Waals surface area contributed by atoms with Crippen molar-refractivity contribution in [3.63, 3.8) is 0 Å². The summed E-state index contributed by atoms with van der Waals surface area (Å²) < 4.78 is 45.5. The van der Waals surface area contributed by atoms with Gasteiger partial charge in [0.25, 0.3) is 0 Å². The second kappa shape index (κ2) is 5.27. The van der Waals surface area contributed by atoms with E-state index in [1.54, 1.807) is 0 Å². The molecular formula is C9H9F3O2S. The highest BCUT2D eigenvalue weighted by Gasteiger charge is 2.28. The van der Waals surface area contributed by atoms with Crippen LogP contribution >= 0.6 is 11.8 Å². The number of hydrogen-bond acceptors (Lipinski definition) is 3. The first-order valence-electron chi connectivity index (χ1n) is 3.99. The maximum absolute atomic E-state index is 12.0. The Morgan fingerprint density at radius 1 is 1.20 bits per heavy atom. The third kappa shape index (κ3) is 4.94. The Bertz CT molecular complexity index is 297. The van der Waals surface area contributed by atoms with Gasteiger partial charge in [0.05, 0.1) is 0 Å². The Balaban J connectivity index is 2.56.